The number of Topliss-reactive ketones (excluding diaryl/α,β-unsaturated/α-hetero) is 1. The highest BCUT2D eigenvalue weighted by Gasteiger charge is 2.21. The Labute approximate surface area is 186 Å². The lowest BCUT2D eigenvalue weighted by Crippen LogP contribution is -2.46. The largest absolute Gasteiger partial charge is 0.369 e. The van der Waals surface area contributed by atoms with Gasteiger partial charge in [-0.25, -0.2) is 9.67 Å². The van der Waals surface area contributed by atoms with Crippen LogP contribution in [0.15, 0.2) is 48.8 Å². The first-order chi connectivity index (χ1) is 14.5. The summed E-state index contributed by atoms with van der Waals surface area (Å²) in [6.07, 6.45) is 3.73. The summed E-state index contributed by atoms with van der Waals surface area (Å²) in [5, 5.41) is 5.58. The summed E-state index contributed by atoms with van der Waals surface area (Å²) in [6, 6.07) is 11.5. The van der Waals surface area contributed by atoms with E-state index < -0.39 is 0 Å². The first-order valence-electron chi connectivity index (χ1n) is 9.94. The van der Waals surface area contributed by atoms with Crippen molar-refractivity contribution in [3.05, 3.63) is 70.1 Å². The molecule has 1 saturated heterocycles. The second-order valence-electron chi connectivity index (χ2n) is 7.35. The molecule has 0 saturated carbocycles. The Morgan fingerprint density at radius 2 is 1.90 bits per heavy atom. The number of hydrogen-bond donors (Lipinski definition) is 0. The molecular weight excluding hydrogens is 421 g/mol. The van der Waals surface area contributed by atoms with E-state index in [1.54, 1.807) is 29.2 Å². The van der Waals surface area contributed by atoms with Gasteiger partial charge < -0.3 is 4.90 Å². The van der Waals surface area contributed by atoms with Crippen molar-refractivity contribution in [3.63, 3.8) is 0 Å². The third-order valence-corrected chi connectivity index (χ3v) is 5.98. The number of hydrogen-bond acceptors (Lipinski definition) is 5. The first-order valence-corrected chi connectivity index (χ1v) is 10.7. The summed E-state index contributed by atoms with van der Waals surface area (Å²) in [6.45, 7) is 6.28. The van der Waals surface area contributed by atoms with Gasteiger partial charge in [0.15, 0.2) is 11.6 Å². The smallest absolute Gasteiger partial charge is 0.172 e. The summed E-state index contributed by atoms with van der Waals surface area (Å²) in [5.74, 6) is 0.621. The van der Waals surface area contributed by atoms with Crippen LogP contribution in [0.1, 0.15) is 22.5 Å². The van der Waals surface area contributed by atoms with Crippen LogP contribution in [0.2, 0.25) is 10.0 Å². The molecule has 156 valence electrons. The maximum absolute atomic E-state index is 12.8. The van der Waals surface area contributed by atoms with Crippen molar-refractivity contribution in [2.75, 3.05) is 37.6 Å². The van der Waals surface area contributed by atoms with Crippen LogP contribution in [0.5, 0.6) is 0 Å². The molecule has 30 heavy (non-hydrogen) atoms. The van der Waals surface area contributed by atoms with Crippen molar-refractivity contribution in [2.24, 2.45) is 0 Å². The number of carbonyl (C=O) groups is 1. The van der Waals surface area contributed by atoms with E-state index >= 15 is 0 Å². The SMILES string of the molecule is Cc1c(C(=O)CCN2CCN(c3cccc(Cl)c3)CC2)cnn1-c1ncccc1Cl. The van der Waals surface area contributed by atoms with Crippen molar-refractivity contribution < 1.29 is 4.79 Å². The highest BCUT2D eigenvalue weighted by Crippen LogP contribution is 2.22. The van der Waals surface area contributed by atoms with Crippen molar-refractivity contribution in [1.82, 2.24) is 19.7 Å². The van der Waals surface area contributed by atoms with Crippen LogP contribution in [0.25, 0.3) is 5.82 Å². The van der Waals surface area contributed by atoms with E-state index in [1.165, 1.54) is 0 Å². The molecule has 0 atom stereocenters. The lowest BCUT2D eigenvalue weighted by Gasteiger charge is -2.36. The molecule has 3 aromatic rings. The average Bonchev–Trinajstić information content (AvgIpc) is 3.14. The van der Waals surface area contributed by atoms with E-state index in [1.807, 2.05) is 25.1 Å². The standard InChI is InChI=1S/C22H23Cl2N5O/c1-16-19(15-26-29(16)22-20(24)6-3-8-25-22)21(30)7-9-27-10-12-28(13-11-27)18-5-2-4-17(23)14-18/h2-6,8,14-15H,7,9-13H2,1H3. The van der Waals surface area contributed by atoms with Crippen molar-refractivity contribution in [1.29, 1.82) is 0 Å². The summed E-state index contributed by atoms with van der Waals surface area (Å²) >= 11 is 12.3. The van der Waals surface area contributed by atoms with Gasteiger partial charge in [-0.05, 0) is 37.3 Å². The molecule has 1 aliphatic heterocycles. The maximum Gasteiger partial charge on any atom is 0.172 e. The van der Waals surface area contributed by atoms with Gasteiger partial charge in [0, 0.05) is 56.1 Å². The van der Waals surface area contributed by atoms with Crippen LogP contribution in [0, 0.1) is 6.92 Å². The van der Waals surface area contributed by atoms with E-state index in [-0.39, 0.29) is 5.78 Å². The molecule has 0 unspecified atom stereocenters. The molecule has 1 fully saturated rings. The van der Waals surface area contributed by atoms with E-state index in [0.29, 0.717) is 22.8 Å². The van der Waals surface area contributed by atoms with Gasteiger partial charge in [-0.1, -0.05) is 29.3 Å². The van der Waals surface area contributed by atoms with Gasteiger partial charge >= 0.3 is 0 Å². The topological polar surface area (TPSA) is 54.3 Å². The predicted octanol–water partition coefficient (Wildman–Crippen LogP) is 4.28. The Morgan fingerprint density at radius 3 is 2.63 bits per heavy atom. The van der Waals surface area contributed by atoms with Crippen LogP contribution in [0.4, 0.5) is 5.69 Å². The monoisotopic (exact) mass is 443 g/mol. The molecule has 2 aromatic heterocycles. The number of piperazine rings is 1. The molecule has 1 aromatic carbocycles. The zero-order valence-electron chi connectivity index (χ0n) is 16.8. The highest BCUT2D eigenvalue weighted by molar-refractivity contribution is 6.32. The van der Waals surface area contributed by atoms with Crippen molar-refractivity contribution in [3.8, 4) is 5.82 Å². The number of ketones is 1. The minimum atomic E-state index is 0.0862. The zero-order chi connectivity index (χ0) is 21.1. The Morgan fingerprint density at radius 1 is 1.10 bits per heavy atom. The molecule has 0 spiro atoms. The second kappa shape index (κ2) is 9.16. The molecule has 4 rings (SSSR count). The van der Waals surface area contributed by atoms with Gasteiger partial charge in [-0.15, -0.1) is 0 Å². The number of aromatic nitrogens is 3. The summed E-state index contributed by atoms with van der Waals surface area (Å²) in [4.78, 5) is 21.7. The first kappa shape index (κ1) is 20.8. The lowest BCUT2D eigenvalue weighted by molar-refractivity contribution is 0.0962. The summed E-state index contributed by atoms with van der Waals surface area (Å²) < 4.78 is 1.62. The number of pyridine rings is 1. The van der Waals surface area contributed by atoms with Crippen LogP contribution >= 0.6 is 23.2 Å². The predicted molar refractivity (Wildman–Crippen MR) is 120 cm³/mol. The highest BCUT2D eigenvalue weighted by atomic mass is 35.5. The number of anilines is 1. The van der Waals surface area contributed by atoms with Gasteiger partial charge in [0.25, 0.3) is 0 Å². The molecule has 8 heteroatoms. The van der Waals surface area contributed by atoms with E-state index in [4.69, 9.17) is 23.2 Å². The van der Waals surface area contributed by atoms with Gasteiger partial charge in [0.2, 0.25) is 0 Å². The molecule has 3 heterocycles. The molecule has 0 bridgehead atoms. The zero-order valence-corrected chi connectivity index (χ0v) is 18.3. The number of carbonyl (C=O) groups excluding carboxylic acids is 1. The van der Waals surface area contributed by atoms with E-state index in [0.717, 1.165) is 49.1 Å². The van der Waals surface area contributed by atoms with Gasteiger partial charge in [0.1, 0.15) is 0 Å². The van der Waals surface area contributed by atoms with Crippen LogP contribution in [-0.2, 0) is 0 Å². The number of rotatable bonds is 6. The molecular formula is C22H23Cl2N5O. The average molecular weight is 444 g/mol. The molecule has 6 nitrogen and oxygen atoms in total. The van der Waals surface area contributed by atoms with E-state index in [9.17, 15) is 4.79 Å². The Hall–Kier alpha value is -2.41. The van der Waals surface area contributed by atoms with Crippen molar-refractivity contribution in [2.45, 2.75) is 13.3 Å². The molecule has 0 N–H and O–H groups in total. The molecule has 0 amide bonds. The third kappa shape index (κ3) is 4.51. The fourth-order valence-electron chi connectivity index (χ4n) is 3.73. The number of benzene rings is 1. The third-order valence-electron chi connectivity index (χ3n) is 5.45. The number of halogens is 2. The van der Waals surface area contributed by atoms with Crippen molar-refractivity contribution >= 4 is 34.7 Å². The normalized spacial score (nSPS) is 14.8. The quantitative estimate of drug-likeness (QED) is 0.532. The Balaban J connectivity index is 1.33. The second-order valence-corrected chi connectivity index (χ2v) is 8.19. The van der Waals surface area contributed by atoms with Gasteiger partial charge in [-0.3, -0.25) is 9.69 Å². The van der Waals surface area contributed by atoms with Gasteiger partial charge in [0.05, 0.1) is 22.5 Å². The lowest BCUT2D eigenvalue weighted by atomic mass is 10.1. The summed E-state index contributed by atoms with van der Waals surface area (Å²) in [7, 11) is 0. The fraction of sp³-hybridized carbons (Fsp3) is 0.318. The fourth-order valence-corrected chi connectivity index (χ4v) is 4.11. The minimum absolute atomic E-state index is 0.0862. The van der Waals surface area contributed by atoms with Crippen LogP contribution in [-0.4, -0.2) is 58.2 Å². The molecule has 0 aliphatic carbocycles. The Kier molecular flexibility index (Phi) is 6.37. The van der Waals surface area contributed by atoms with E-state index in [2.05, 4.69) is 25.9 Å². The minimum Gasteiger partial charge on any atom is -0.369 e. The molecule has 0 radical (unpaired) electrons. The molecule has 1 aliphatic rings. The number of nitrogens with zero attached hydrogens (tertiary/aromatic N) is 5. The van der Waals surface area contributed by atoms with Crippen LogP contribution in [0.3, 0.4) is 0 Å². The summed E-state index contributed by atoms with van der Waals surface area (Å²) in [5.41, 5.74) is 2.52. The Bertz CT molecular complexity index is 1040. The van der Waals surface area contributed by atoms with Crippen LogP contribution < -0.4 is 4.90 Å². The maximum atomic E-state index is 12.8. The van der Waals surface area contributed by atoms with Gasteiger partial charge in [-0.2, -0.15) is 5.10 Å².